The molecule has 0 unspecified atom stereocenters. The molecule has 0 aromatic heterocycles. The van der Waals surface area contributed by atoms with Gasteiger partial charge in [0, 0.05) is 18.2 Å². The predicted molar refractivity (Wildman–Crippen MR) is 89.7 cm³/mol. The Kier molecular flexibility index (Phi) is 5.58. The van der Waals surface area contributed by atoms with Gasteiger partial charge in [-0.2, -0.15) is 0 Å². The fourth-order valence-electron chi connectivity index (χ4n) is 1.97. The van der Waals surface area contributed by atoms with E-state index in [-0.39, 0.29) is 22.6 Å². The monoisotopic (exact) mass is 359 g/mol. The molecule has 0 aliphatic heterocycles. The number of carbonyl (C=O) groups is 2. The number of nitro groups is 2. The minimum Gasteiger partial charge on any atom is -0.449 e. The number of hydrogen-bond donors (Lipinski definition) is 1. The lowest BCUT2D eigenvalue weighted by Crippen LogP contribution is -2.30. The van der Waals surface area contributed by atoms with Crippen molar-refractivity contribution < 1.29 is 24.2 Å². The Balaban J connectivity index is 2.04. The van der Waals surface area contributed by atoms with Crippen molar-refractivity contribution in [2.24, 2.45) is 0 Å². The lowest BCUT2D eigenvalue weighted by atomic mass is 10.2. The number of nitro benzene ring substituents is 2. The molecule has 0 aliphatic carbocycles. The fourth-order valence-corrected chi connectivity index (χ4v) is 1.97. The van der Waals surface area contributed by atoms with Crippen LogP contribution in [0.1, 0.15) is 17.3 Å². The van der Waals surface area contributed by atoms with Crippen molar-refractivity contribution in [3.8, 4) is 0 Å². The number of esters is 1. The molecule has 1 N–H and O–H groups in total. The molecule has 10 nitrogen and oxygen atoms in total. The van der Waals surface area contributed by atoms with E-state index in [0.29, 0.717) is 0 Å². The van der Waals surface area contributed by atoms with E-state index in [1.165, 1.54) is 43.3 Å². The molecule has 0 aliphatic rings. The average molecular weight is 359 g/mol. The minimum atomic E-state index is -1.24. The largest absolute Gasteiger partial charge is 0.449 e. The Labute approximate surface area is 146 Å². The van der Waals surface area contributed by atoms with Crippen molar-refractivity contribution in [2.75, 3.05) is 5.32 Å². The molecule has 0 heterocycles. The lowest BCUT2D eigenvalue weighted by Gasteiger charge is -2.13. The quantitative estimate of drug-likeness (QED) is 0.474. The molecule has 2 aromatic rings. The van der Waals surface area contributed by atoms with Gasteiger partial charge >= 0.3 is 5.97 Å². The average Bonchev–Trinajstić information content (AvgIpc) is 2.61. The van der Waals surface area contributed by atoms with Crippen LogP contribution in [0.3, 0.4) is 0 Å². The van der Waals surface area contributed by atoms with Gasteiger partial charge in [-0.15, -0.1) is 0 Å². The Morgan fingerprint density at radius 2 is 1.62 bits per heavy atom. The standard InChI is InChI=1S/C16H13N3O7/c1-10(15(20)17-13-4-2-3-5-14(13)19(24)25)26-16(21)11-6-8-12(9-7-11)18(22)23/h2-10H,1H3,(H,17,20)/t10-/m0/s1. The topological polar surface area (TPSA) is 142 Å². The predicted octanol–water partition coefficient (Wildman–Crippen LogP) is 2.69. The molecule has 134 valence electrons. The van der Waals surface area contributed by atoms with Crippen LogP contribution < -0.4 is 5.32 Å². The third-order valence-corrected chi connectivity index (χ3v) is 3.33. The van der Waals surface area contributed by atoms with Gasteiger partial charge in [-0.25, -0.2) is 4.79 Å². The maximum atomic E-state index is 12.1. The first-order valence-electron chi connectivity index (χ1n) is 7.29. The highest BCUT2D eigenvalue weighted by molar-refractivity contribution is 5.98. The molecular formula is C16H13N3O7. The number of non-ortho nitro benzene ring substituents is 1. The molecule has 1 atom stereocenters. The molecule has 0 fully saturated rings. The van der Waals surface area contributed by atoms with Crippen LogP contribution in [-0.2, 0) is 9.53 Å². The summed E-state index contributed by atoms with van der Waals surface area (Å²) in [7, 11) is 0. The zero-order chi connectivity index (χ0) is 19.3. The van der Waals surface area contributed by atoms with E-state index in [1.807, 2.05) is 0 Å². The van der Waals surface area contributed by atoms with E-state index in [0.717, 1.165) is 12.1 Å². The molecule has 0 saturated carbocycles. The van der Waals surface area contributed by atoms with Crippen LogP contribution in [0.15, 0.2) is 48.5 Å². The van der Waals surface area contributed by atoms with Crippen LogP contribution in [0, 0.1) is 20.2 Å². The molecule has 2 aromatic carbocycles. The third-order valence-electron chi connectivity index (χ3n) is 3.33. The number of carbonyl (C=O) groups excluding carboxylic acids is 2. The highest BCUT2D eigenvalue weighted by atomic mass is 16.6. The minimum absolute atomic E-state index is 0.0271. The van der Waals surface area contributed by atoms with E-state index in [4.69, 9.17) is 4.74 Å². The van der Waals surface area contributed by atoms with Gasteiger partial charge < -0.3 is 10.1 Å². The van der Waals surface area contributed by atoms with E-state index in [1.54, 1.807) is 0 Å². The molecule has 0 radical (unpaired) electrons. The second-order valence-corrected chi connectivity index (χ2v) is 5.12. The Morgan fingerprint density at radius 3 is 2.19 bits per heavy atom. The summed E-state index contributed by atoms with van der Waals surface area (Å²) in [6.07, 6.45) is -1.24. The highest BCUT2D eigenvalue weighted by Gasteiger charge is 2.22. The summed E-state index contributed by atoms with van der Waals surface area (Å²) >= 11 is 0. The second-order valence-electron chi connectivity index (χ2n) is 5.12. The van der Waals surface area contributed by atoms with Crippen LogP contribution in [-0.4, -0.2) is 27.8 Å². The molecule has 2 rings (SSSR count). The third kappa shape index (κ3) is 4.38. The van der Waals surface area contributed by atoms with Crippen LogP contribution in [0.2, 0.25) is 0 Å². The van der Waals surface area contributed by atoms with Gasteiger partial charge in [-0.3, -0.25) is 25.0 Å². The number of amides is 1. The van der Waals surface area contributed by atoms with Gasteiger partial charge in [0.05, 0.1) is 15.4 Å². The maximum absolute atomic E-state index is 12.1. The summed E-state index contributed by atoms with van der Waals surface area (Å²) in [6, 6.07) is 10.2. The maximum Gasteiger partial charge on any atom is 0.338 e. The molecule has 0 saturated heterocycles. The van der Waals surface area contributed by atoms with Crippen LogP contribution in [0.4, 0.5) is 17.1 Å². The Morgan fingerprint density at radius 1 is 1.00 bits per heavy atom. The summed E-state index contributed by atoms with van der Waals surface area (Å²) in [5.74, 6) is -1.61. The van der Waals surface area contributed by atoms with Crippen molar-refractivity contribution in [1.29, 1.82) is 0 Å². The van der Waals surface area contributed by atoms with Crippen molar-refractivity contribution in [3.05, 3.63) is 74.3 Å². The normalized spacial score (nSPS) is 11.3. The lowest BCUT2D eigenvalue weighted by molar-refractivity contribution is -0.384. The molecule has 0 spiro atoms. The molecular weight excluding hydrogens is 346 g/mol. The Hall–Kier alpha value is -3.82. The van der Waals surface area contributed by atoms with E-state index >= 15 is 0 Å². The van der Waals surface area contributed by atoms with Gasteiger partial charge in [0.15, 0.2) is 6.10 Å². The fraction of sp³-hybridized carbons (Fsp3) is 0.125. The zero-order valence-corrected chi connectivity index (χ0v) is 13.4. The van der Waals surface area contributed by atoms with Crippen molar-refractivity contribution in [1.82, 2.24) is 0 Å². The summed E-state index contributed by atoms with van der Waals surface area (Å²) in [4.78, 5) is 44.3. The number of benzene rings is 2. The molecule has 26 heavy (non-hydrogen) atoms. The van der Waals surface area contributed by atoms with Crippen molar-refractivity contribution >= 4 is 28.9 Å². The molecule has 1 amide bonds. The highest BCUT2D eigenvalue weighted by Crippen LogP contribution is 2.23. The van der Waals surface area contributed by atoms with Crippen molar-refractivity contribution in [2.45, 2.75) is 13.0 Å². The first-order valence-corrected chi connectivity index (χ1v) is 7.29. The van der Waals surface area contributed by atoms with Crippen LogP contribution in [0.25, 0.3) is 0 Å². The molecule has 10 heteroatoms. The van der Waals surface area contributed by atoms with Gasteiger partial charge in [0.25, 0.3) is 17.3 Å². The van der Waals surface area contributed by atoms with E-state index in [9.17, 15) is 29.8 Å². The van der Waals surface area contributed by atoms with Gasteiger partial charge in [0.1, 0.15) is 5.69 Å². The van der Waals surface area contributed by atoms with E-state index in [2.05, 4.69) is 5.32 Å². The first kappa shape index (κ1) is 18.5. The summed E-state index contributed by atoms with van der Waals surface area (Å²) in [5, 5.41) is 23.8. The number of ether oxygens (including phenoxy) is 1. The second kappa shape index (κ2) is 7.83. The number of nitrogens with one attached hydrogen (secondary N) is 1. The van der Waals surface area contributed by atoms with E-state index < -0.39 is 27.8 Å². The van der Waals surface area contributed by atoms with Gasteiger partial charge in [-0.1, -0.05) is 12.1 Å². The number of nitrogens with zero attached hydrogens (tertiary/aromatic N) is 2. The number of para-hydroxylation sites is 2. The Bertz CT molecular complexity index is 864. The smallest absolute Gasteiger partial charge is 0.338 e. The zero-order valence-electron chi connectivity index (χ0n) is 13.4. The van der Waals surface area contributed by atoms with Crippen LogP contribution >= 0.6 is 0 Å². The molecule has 0 bridgehead atoms. The van der Waals surface area contributed by atoms with Crippen molar-refractivity contribution in [3.63, 3.8) is 0 Å². The number of hydrogen-bond acceptors (Lipinski definition) is 7. The number of anilines is 1. The SMILES string of the molecule is C[C@H](OC(=O)c1ccc([N+](=O)[O-])cc1)C(=O)Nc1ccccc1[N+](=O)[O-]. The summed E-state index contributed by atoms with van der Waals surface area (Å²) < 4.78 is 4.98. The van der Waals surface area contributed by atoms with Gasteiger partial charge in [-0.05, 0) is 25.1 Å². The van der Waals surface area contributed by atoms with Crippen LogP contribution in [0.5, 0.6) is 0 Å². The summed E-state index contributed by atoms with van der Waals surface area (Å²) in [5.41, 5.74) is -0.486. The first-order chi connectivity index (χ1) is 12.3. The summed E-state index contributed by atoms with van der Waals surface area (Å²) in [6.45, 7) is 1.30. The number of rotatable bonds is 6. The van der Waals surface area contributed by atoms with Gasteiger partial charge in [0.2, 0.25) is 0 Å².